The van der Waals surface area contributed by atoms with Crippen molar-refractivity contribution in [3.8, 4) is 0 Å². The fourth-order valence-corrected chi connectivity index (χ4v) is 2.76. The van der Waals surface area contributed by atoms with Crippen molar-refractivity contribution < 1.29 is 0 Å². The van der Waals surface area contributed by atoms with Gasteiger partial charge in [-0.05, 0) is 0 Å². The Balaban J connectivity index is 3.18. The van der Waals surface area contributed by atoms with Crippen molar-refractivity contribution >= 4 is 20.5 Å². The van der Waals surface area contributed by atoms with Crippen LogP contribution >= 0.6 is 0 Å². The molecule has 0 aliphatic rings. The van der Waals surface area contributed by atoms with Crippen LogP contribution in [0.3, 0.4) is 0 Å². The van der Waals surface area contributed by atoms with Crippen LogP contribution in [-0.2, 0) is 0 Å². The fourth-order valence-electron chi connectivity index (χ4n) is 1.48. The van der Waals surface area contributed by atoms with Crippen molar-refractivity contribution in [3.63, 3.8) is 0 Å². The van der Waals surface area contributed by atoms with Crippen LogP contribution < -0.4 is 4.46 Å². The average Bonchev–Trinajstić information content (AvgIpc) is 2.03. The molecule has 0 unspecified atom stereocenters. The number of hydrogen-bond acceptors (Lipinski definition) is 0. The maximum atomic E-state index is 3.20. The summed E-state index contributed by atoms with van der Waals surface area (Å²) in [5.74, 6) is 1.21. The van der Waals surface area contributed by atoms with Crippen LogP contribution in [0, 0.1) is 0 Å². The third-order valence-corrected chi connectivity index (χ3v) is 3.31. The zero-order valence-corrected chi connectivity index (χ0v) is 10.5. The third-order valence-electron chi connectivity index (χ3n) is 2.32. The molecule has 1 aromatic rings. The molecular weight excluding hydrogens is 223 g/mol. The molecule has 1 radical (unpaired) electrons. The SMILES string of the molecule is CC(C)c1cccc(C(C)C)c1[Se]. The molecule has 0 nitrogen and oxygen atoms in total. The van der Waals surface area contributed by atoms with Crippen molar-refractivity contribution in [1.82, 2.24) is 0 Å². The first-order valence-corrected chi connectivity index (χ1v) is 5.69. The molecule has 0 fully saturated rings. The van der Waals surface area contributed by atoms with Crippen LogP contribution in [0.5, 0.6) is 0 Å². The Labute approximate surface area is 89.6 Å². The molecule has 0 atom stereocenters. The van der Waals surface area contributed by atoms with Crippen LogP contribution in [0.4, 0.5) is 0 Å². The van der Waals surface area contributed by atoms with E-state index >= 15 is 0 Å². The Morgan fingerprint density at radius 1 is 0.923 bits per heavy atom. The Morgan fingerprint density at radius 2 is 1.31 bits per heavy atom. The Hall–Kier alpha value is -0.261. The summed E-state index contributed by atoms with van der Waals surface area (Å²) in [6.45, 7) is 8.95. The molecule has 1 heteroatoms. The van der Waals surface area contributed by atoms with Gasteiger partial charge in [0.2, 0.25) is 0 Å². The van der Waals surface area contributed by atoms with Crippen molar-refractivity contribution in [2.45, 2.75) is 39.5 Å². The molecule has 0 aliphatic carbocycles. The molecule has 0 bridgehead atoms. The normalized spacial score (nSPS) is 11.2. The molecule has 0 N–H and O–H groups in total. The first-order chi connectivity index (χ1) is 6.04. The van der Waals surface area contributed by atoms with E-state index in [4.69, 9.17) is 0 Å². The van der Waals surface area contributed by atoms with Gasteiger partial charge in [0.15, 0.2) is 0 Å². The van der Waals surface area contributed by atoms with Gasteiger partial charge < -0.3 is 0 Å². The summed E-state index contributed by atoms with van der Waals surface area (Å²) in [5.41, 5.74) is 2.87. The minimum atomic E-state index is 0.606. The summed E-state index contributed by atoms with van der Waals surface area (Å²) in [7, 11) is 0. The summed E-state index contributed by atoms with van der Waals surface area (Å²) < 4.78 is 1.35. The van der Waals surface area contributed by atoms with E-state index < -0.39 is 0 Å². The first-order valence-electron chi connectivity index (χ1n) is 4.83. The van der Waals surface area contributed by atoms with Gasteiger partial charge in [0.25, 0.3) is 0 Å². The van der Waals surface area contributed by atoms with Gasteiger partial charge in [-0.3, -0.25) is 0 Å². The molecule has 0 saturated heterocycles. The molecule has 0 aromatic heterocycles. The van der Waals surface area contributed by atoms with E-state index in [1.165, 1.54) is 15.6 Å². The fraction of sp³-hybridized carbons (Fsp3) is 0.500. The van der Waals surface area contributed by atoms with Crippen molar-refractivity contribution in [2.24, 2.45) is 0 Å². The first kappa shape index (κ1) is 10.8. The predicted octanol–water partition coefficient (Wildman–Crippen LogP) is 2.73. The van der Waals surface area contributed by atoms with Gasteiger partial charge in [-0.2, -0.15) is 0 Å². The summed E-state index contributed by atoms with van der Waals surface area (Å²) >= 11 is 3.20. The van der Waals surface area contributed by atoms with Gasteiger partial charge in [-0.25, -0.2) is 0 Å². The predicted molar refractivity (Wildman–Crippen MR) is 60.0 cm³/mol. The van der Waals surface area contributed by atoms with Crippen molar-refractivity contribution in [2.75, 3.05) is 0 Å². The Morgan fingerprint density at radius 3 is 1.62 bits per heavy atom. The number of hydrogen-bond donors (Lipinski definition) is 0. The standard InChI is InChI=1S/C12H17Se/c1-8(2)10-6-5-7-11(9(3)4)12(10)13/h5-9H,1-4H3. The molecule has 0 saturated carbocycles. The maximum absolute atomic E-state index is 3.20. The second-order valence-electron chi connectivity index (χ2n) is 4.07. The topological polar surface area (TPSA) is 0 Å². The zero-order chi connectivity index (χ0) is 10.0. The summed E-state index contributed by atoms with van der Waals surface area (Å²) in [5, 5.41) is 0. The Kier molecular flexibility index (Phi) is 3.58. The summed E-state index contributed by atoms with van der Waals surface area (Å²) in [4.78, 5) is 0. The second kappa shape index (κ2) is 4.30. The molecular formula is C12H17Se. The van der Waals surface area contributed by atoms with Gasteiger partial charge in [0, 0.05) is 0 Å². The van der Waals surface area contributed by atoms with E-state index in [1.807, 2.05) is 0 Å². The third kappa shape index (κ3) is 2.36. The van der Waals surface area contributed by atoms with Gasteiger partial charge in [-0.15, -0.1) is 0 Å². The summed E-state index contributed by atoms with van der Waals surface area (Å²) in [6.07, 6.45) is 0. The second-order valence-corrected chi connectivity index (χ2v) is 4.93. The van der Waals surface area contributed by atoms with Crippen LogP contribution in [0.2, 0.25) is 0 Å². The average molecular weight is 240 g/mol. The molecule has 0 spiro atoms. The van der Waals surface area contributed by atoms with Crippen LogP contribution in [0.15, 0.2) is 18.2 Å². The van der Waals surface area contributed by atoms with Crippen molar-refractivity contribution in [3.05, 3.63) is 29.3 Å². The molecule has 1 aromatic carbocycles. The van der Waals surface area contributed by atoms with Crippen LogP contribution in [0.25, 0.3) is 0 Å². The van der Waals surface area contributed by atoms with Gasteiger partial charge >= 0.3 is 89.3 Å². The molecule has 71 valence electrons. The molecule has 0 heterocycles. The molecule has 13 heavy (non-hydrogen) atoms. The van der Waals surface area contributed by atoms with E-state index in [2.05, 4.69) is 61.9 Å². The zero-order valence-electron chi connectivity index (χ0n) is 8.79. The van der Waals surface area contributed by atoms with Crippen LogP contribution in [0.1, 0.15) is 50.7 Å². The van der Waals surface area contributed by atoms with Gasteiger partial charge in [-0.1, -0.05) is 0 Å². The number of rotatable bonds is 2. The molecule has 0 aliphatic heterocycles. The number of benzene rings is 1. The minimum absolute atomic E-state index is 0.606. The molecule has 1 rings (SSSR count). The summed E-state index contributed by atoms with van der Waals surface area (Å²) in [6, 6.07) is 6.58. The monoisotopic (exact) mass is 241 g/mol. The Bertz CT molecular complexity index is 261. The van der Waals surface area contributed by atoms with E-state index in [9.17, 15) is 0 Å². The van der Waals surface area contributed by atoms with Gasteiger partial charge in [0.05, 0.1) is 0 Å². The van der Waals surface area contributed by atoms with E-state index in [0.717, 1.165) is 0 Å². The van der Waals surface area contributed by atoms with E-state index in [0.29, 0.717) is 11.8 Å². The van der Waals surface area contributed by atoms with Gasteiger partial charge in [0.1, 0.15) is 0 Å². The quantitative estimate of drug-likeness (QED) is 0.697. The molecule has 0 amide bonds. The van der Waals surface area contributed by atoms with Crippen molar-refractivity contribution in [1.29, 1.82) is 0 Å². The van der Waals surface area contributed by atoms with E-state index in [-0.39, 0.29) is 0 Å². The van der Waals surface area contributed by atoms with Crippen LogP contribution in [-0.4, -0.2) is 16.0 Å². The van der Waals surface area contributed by atoms with E-state index in [1.54, 1.807) is 0 Å².